The molecule has 0 unspecified atom stereocenters. The van der Waals surface area contributed by atoms with Crippen molar-refractivity contribution in [2.45, 2.75) is 39.8 Å². The van der Waals surface area contributed by atoms with Gasteiger partial charge in [-0.1, -0.05) is 26.8 Å². The zero-order valence-electron chi connectivity index (χ0n) is 14.2. The molecule has 1 aliphatic rings. The Morgan fingerprint density at radius 1 is 1.17 bits per heavy atom. The van der Waals surface area contributed by atoms with Gasteiger partial charge in [0.2, 0.25) is 6.79 Å². The maximum absolute atomic E-state index is 11.8. The Hall–Kier alpha value is -2.28. The Bertz CT molecular complexity index is 609. The third-order valence-electron chi connectivity index (χ3n) is 3.80. The predicted octanol–water partition coefficient (Wildman–Crippen LogP) is 0.945. The second-order valence-corrected chi connectivity index (χ2v) is 6.80. The molecule has 7 nitrogen and oxygen atoms in total. The van der Waals surface area contributed by atoms with Crippen LogP contribution >= 0.6 is 0 Å². The third kappa shape index (κ3) is 4.86. The van der Waals surface area contributed by atoms with Crippen molar-refractivity contribution in [3.05, 3.63) is 23.8 Å². The van der Waals surface area contributed by atoms with E-state index < -0.39 is 17.9 Å². The van der Waals surface area contributed by atoms with Crippen molar-refractivity contribution < 1.29 is 24.2 Å². The van der Waals surface area contributed by atoms with Crippen molar-refractivity contribution in [2.75, 3.05) is 13.3 Å². The molecule has 0 radical (unpaired) electrons. The first kappa shape index (κ1) is 18.1. The van der Waals surface area contributed by atoms with Gasteiger partial charge in [0.05, 0.1) is 6.10 Å². The molecule has 0 bridgehead atoms. The summed E-state index contributed by atoms with van der Waals surface area (Å²) in [6, 6.07) is 5.32. The van der Waals surface area contributed by atoms with Crippen LogP contribution < -0.4 is 20.1 Å². The number of fused-ring (bicyclic) bond motifs is 1. The van der Waals surface area contributed by atoms with E-state index in [0.717, 1.165) is 5.56 Å². The van der Waals surface area contributed by atoms with Crippen molar-refractivity contribution in [3.63, 3.8) is 0 Å². The molecule has 1 atom stereocenters. The van der Waals surface area contributed by atoms with E-state index >= 15 is 0 Å². The molecule has 0 aliphatic carbocycles. The third-order valence-corrected chi connectivity index (χ3v) is 3.80. The quantitative estimate of drug-likeness (QED) is 0.696. The van der Waals surface area contributed by atoms with Crippen LogP contribution in [0.5, 0.6) is 11.5 Å². The SMILES string of the molecule is CC(C)(C)[C@@H](O)CCNC(=O)C(=O)NCc1ccc2c(c1)OCO2. The maximum atomic E-state index is 11.8. The Morgan fingerprint density at radius 3 is 2.54 bits per heavy atom. The molecule has 0 aromatic heterocycles. The van der Waals surface area contributed by atoms with E-state index in [2.05, 4.69) is 10.6 Å². The fraction of sp³-hybridized carbons (Fsp3) is 0.529. The molecule has 2 amide bonds. The van der Waals surface area contributed by atoms with E-state index in [1.807, 2.05) is 20.8 Å². The first-order chi connectivity index (χ1) is 11.3. The van der Waals surface area contributed by atoms with E-state index in [9.17, 15) is 14.7 Å². The molecule has 2 rings (SSSR count). The number of aliphatic hydroxyl groups is 1. The highest BCUT2D eigenvalue weighted by Crippen LogP contribution is 2.32. The number of hydrogen-bond donors (Lipinski definition) is 3. The van der Waals surface area contributed by atoms with Crippen LogP contribution in [0.25, 0.3) is 0 Å². The van der Waals surface area contributed by atoms with Gasteiger partial charge >= 0.3 is 11.8 Å². The van der Waals surface area contributed by atoms with Crippen molar-refractivity contribution in [1.29, 1.82) is 0 Å². The summed E-state index contributed by atoms with van der Waals surface area (Å²) in [5.41, 5.74) is 0.551. The molecule has 1 aromatic carbocycles. The molecule has 1 heterocycles. The fourth-order valence-electron chi connectivity index (χ4n) is 2.15. The maximum Gasteiger partial charge on any atom is 0.309 e. The van der Waals surface area contributed by atoms with Crippen LogP contribution in [0.2, 0.25) is 0 Å². The number of ether oxygens (including phenoxy) is 2. The Morgan fingerprint density at radius 2 is 1.83 bits per heavy atom. The van der Waals surface area contributed by atoms with Crippen LogP contribution in [0.15, 0.2) is 18.2 Å². The van der Waals surface area contributed by atoms with Gasteiger partial charge in [-0.15, -0.1) is 0 Å². The molecule has 0 fully saturated rings. The lowest BCUT2D eigenvalue weighted by Gasteiger charge is -2.25. The minimum absolute atomic E-state index is 0.188. The van der Waals surface area contributed by atoms with Gasteiger partial charge in [-0.3, -0.25) is 9.59 Å². The molecular formula is C17H24N2O5. The van der Waals surface area contributed by atoms with E-state index in [-0.39, 0.29) is 25.3 Å². The van der Waals surface area contributed by atoms with Crippen LogP contribution in [-0.4, -0.2) is 36.4 Å². The normalized spacial score (nSPS) is 14.2. The topological polar surface area (TPSA) is 96.9 Å². The molecule has 0 saturated carbocycles. The van der Waals surface area contributed by atoms with Crippen molar-refractivity contribution in [1.82, 2.24) is 10.6 Å². The highest BCUT2D eigenvalue weighted by molar-refractivity contribution is 6.35. The van der Waals surface area contributed by atoms with Gasteiger partial charge < -0.3 is 25.2 Å². The predicted molar refractivity (Wildman–Crippen MR) is 87.5 cm³/mol. The fourth-order valence-corrected chi connectivity index (χ4v) is 2.15. The van der Waals surface area contributed by atoms with Gasteiger partial charge in [-0.25, -0.2) is 0 Å². The standard InChI is InChI=1S/C17H24N2O5/c1-17(2,3)14(20)6-7-18-15(21)16(22)19-9-11-4-5-12-13(8-11)24-10-23-12/h4-5,8,14,20H,6-7,9-10H2,1-3H3,(H,18,21)(H,19,22)/t14-/m0/s1. The number of amides is 2. The number of carbonyl (C=O) groups is 2. The van der Waals surface area contributed by atoms with Crippen molar-refractivity contribution >= 4 is 11.8 Å². The second-order valence-electron chi connectivity index (χ2n) is 6.80. The molecule has 0 saturated heterocycles. The second kappa shape index (κ2) is 7.53. The molecule has 24 heavy (non-hydrogen) atoms. The zero-order chi connectivity index (χ0) is 17.7. The first-order valence-electron chi connectivity index (χ1n) is 7.90. The van der Waals surface area contributed by atoms with E-state index in [4.69, 9.17) is 9.47 Å². The highest BCUT2D eigenvalue weighted by atomic mass is 16.7. The van der Waals surface area contributed by atoms with Crippen molar-refractivity contribution in [2.24, 2.45) is 5.41 Å². The summed E-state index contributed by atoms with van der Waals surface area (Å²) in [6.07, 6.45) is -0.153. The number of rotatable bonds is 5. The van der Waals surface area contributed by atoms with Gasteiger partial charge in [0, 0.05) is 13.1 Å². The molecule has 3 N–H and O–H groups in total. The lowest BCUT2D eigenvalue weighted by atomic mass is 9.87. The number of benzene rings is 1. The molecule has 1 aromatic rings. The number of nitrogens with one attached hydrogen (secondary N) is 2. The van der Waals surface area contributed by atoms with Crippen LogP contribution in [0.4, 0.5) is 0 Å². The number of hydrogen-bond acceptors (Lipinski definition) is 5. The molecule has 0 spiro atoms. The molecule has 1 aliphatic heterocycles. The average molecular weight is 336 g/mol. The summed E-state index contributed by atoms with van der Waals surface area (Å²) in [6.45, 7) is 6.39. The summed E-state index contributed by atoms with van der Waals surface area (Å²) >= 11 is 0. The van der Waals surface area contributed by atoms with Crippen LogP contribution in [0.1, 0.15) is 32.8 Å². The zero-order valence-corrected chi connectivity index (χ0v) is 14.2. The van der Waals surface area contributed by atoms with E-state index in [1.54, 1.807) is 18.2 Å². The summed E-state index contributed by atoms with van der Waals surface area (Å²) in [7, 11) is 0. The van der Waals surface area contributed by atoms with E-state index in [0.29, 0.717) is 17.9 Å². The number of carbonyl (C=O) groups excluding carboxylic acids is 2. The number of aliphatic hydroxyl groups excluding tert-OH is 1. The van der Waals surface area contributed by atoms with Gasteiger partial charge in [0.1, 0.15) is 0 Å². The van der Waals surface area contributed by atoms with Gasteiger partial charge in [-0.2, -0.15) is 0 Å². The largest absolute Gasteiger partial charge is 0.454 e. The average Bonchev–Trinajstić information content (AvgIpc) is 2.98. The minimum Gasteiger partial charge on any atom is -0.454 e. The Kier molecular flexibility index (Phi) is 5.66. The molecular weight excluding hydrogens is 312 g/mol. The van der Waals surface area contributed by atoms with Crippen LogP contribution in [-0.2, 0) is 16.1 Å². The summed E-state index contributed by atoms with van der Waals surface area (Å²) in [4.78, 5) is 23.5. The van der Waals surface area contributed by atoms with Crippen LogP contribution in [0.3, 0.4) is 0 Å². The summed E-state index contributed by atoms with van der Waals surface area (Å²) in [5.74, 6) is -0.127. The van der Waals surface area contributed by atoms with Gasteiger partial charge in [0.25, 0.3) is 0 Å². The Labute approximate surface area is 141 Å². The monoisotopic (exact) mass is 336 g/mol. The van der Waals surface area contributed by atoms with Gasteiger partial charge in [0.15, 0.2) is 11.5 Å². The molecule has 7 heteroatoms. The lowest BCUT2D eigenvalue weighted by molar-refractivity contribution is -0.139. The Balaban J connectivity index is 1.73. The van der Waals surface area contributed by atoms with Crippen molar-refractivity contribution in [3.8, 4) is 11.5 Å². The highest BCUT2D eigenvalue weighted by Gasteiger charge is 2.22. The van der Waals surface area contributed by atoms with E-state index in [1.165, 1.54) is 0 Å². The molecule has 132 valence electrons. The smallest absolute Gasteiger partial charge is 0.309 e. The first-order valence-corrected chi connectivity index (χ1v) is 7.90. The summed E-state index contributed by atoms with van der Waals surface area (Å²) < 4.78 is 10.5. The lowest BCUT2D eigenvalue weighted by Crippen LogP contribution is -2.41. The minimum atomic E-state index is -0.711. The summed E-state index contributed by atoms with van der Waals surface area (Å²) in [5, 5.41) is 14.9. The van der Waals surface area contributed by atoms with Crippen LogP contribution in [0, 0.1) is 5.41 Å². The van der Waals surface area contributed by atoms with Gasteiger partial charge in [-0.05, 0) is 29.5 Å².